The smallest absolute Gasteiger partial charge is 0.0569 e. The summed E-state index contributed by atoms with van der Waals surface area (Å²) in [5.41, 5.74) is 7.83. The largest absolute Gasteiger partial charge is 0.367 e. The number of nitrogens with two attached hydrogens (primary N) is 1. The minimum Gasteiger partial charge on any atom is -0.367 e. The first-order valence-corrected chi connectivity index (χ1v) is 5.76. The number of nitrogens with zero attached hydrogens (tertiary/aromatic N) is 2. The van der Waals surface area contributed by atoms with E-state index < -0.39 is 0 Å². The molecule has 0 saturated carbocycles. The van der Waals surface area contributed by atoms with E-state index in [0.717, 1.165) is 30.9 Å². The van der Waals surface area contributed by atoms with E-state index in [1.54, 1.807) is 0 Å². The standard InChI is InChI=1S/C13H21N3/c1-4-8-16(9-5-2)12-6-7-13(11(3)14)15-10-12/h4,6-7,10-11H,1,5,8-9,14H2,2-3H3/t11-/m1/s1. The Bertz CT molecular complexity index is 316. The lowest BCUT2D eigenvalue weighted by Gasteiger charge is -2.22. The Kier molecular flexibility index (Phi) is 4.99. The predicted octanol–water partition coefficient (Wildman–Crippen LogP) is 2.50. The van der Waals surface area contributed by atoms with Crippen molar-refractivity contribution in [2.75, 3.05) is 18.0 Å². The first kappa shape index (κ1) is 12.7. The molecule has 1 aromatic rings. The molecule has 0 radical (unpaired) electrons. The molecule has 2 N–H and O–H groups in total. The molecule has 1 rings (SSSR count). The van der Waals surface area contributed by atoms with Gasteiger partial charge in [-0.15, -0.1) is 6.58 Å². The second kappa shape index (κ2) is 6.28. The fraction of sp³-hybridized carbons (Fsp3) is 0.462. The van der Waals surface area contributed by atoms with Crippen LogP contribution in [0.1, 0.15) is 32.0 Å². The molecule has 0 saturated heterocycles. The Balaban J connectivity index is 2.80. The lowest BCUT2D eigenvalue weighted by atomic mass is 10.2. The van der Waals surface area contributed by atoms with Crippen LogP contribution in [0.25, 0.3) is 0 Å². The molecule has 0 fully saturated rings. The van der Waals surface area contributed by atoms with E-state index in [0.29, 0.717) is 0 Å². The molecule has 3 heteroatoms. The number of hydrogen-bond donors (Lipinski definition) is 1. The van der Waals surface area contributed by atoms with Gasteiger partial charge in [-0.05, 0) is 25.5 Å². The summed E-state index contributed by atoms with van der Waals surface area (Å²) < 4.78 is 0. The molecule has 3 nitrogen and oxygen atoms in total. The van der Waals surface area contributed by atoms with Gasteiger partial charge < -0.3 is 10.6 Å². The van der Waals surface area contributed by atoms with Gasteiger partial charge in [0.15, 0.2) is 0 Å². The van der Waals surface area contributed by atoms with E-state index in [-0.39, 0.29) is 6.04 Å². The summed E-state index contributed by atoms with van der Waals surface area (Å²) in [6.45, 7) is 9.75. The number of rotatable bonds is 6. The maximum atomic E-state index is 5.76. The van der Waals surface area contributed by atoms with Crippen LogP contribution in [-0.4, -0.2) is 18.1 Å². The van der Waals surface area contributed by atoms with Crippen LogP contribution in [0.15, 0.2) is 31.0 Å². The van der Waals surface area contributed by atoms with E-state index in [2.05, 4.69) is 29.5 Å². The highest BCUT2D eigenvalue weighted by atomic mass is 15.1. The SMILES string of the molecule is C=CCN(CCC)c1ccc([C@@H](C)N)nc1. The summed E-state index contributed by atoms with van der Waals surface area (Å²) >= 11 is 0. The molecule has 0 spiro atoms. The van der Waals surface area contributed by atoms with E-state index in [1.807, 2.05) is 25.3 Å². The third kappa shape index (κ3) is 3.35. The summed E-state index contributed by atoms with van der Waals surface area (Å²) in [5.74, 6) is 0. The van der Waals surface area contributed by atoms with Crippen LogP contribution >= 0.6 is 0 Å². The van der Waals surface area contributed by atoms with E-state index in [1.165, 1.54) is 0 Å². The van der Waals surface area contributed by atoms with Gasteiger partial charge in [0, 0.05) is 19.1 Å². The van der Waals surface area contributed by atoms with E-state index in [9.17, 15) is 0 Å². The van der Waals surface area contributed by atoms with Gasteiger partial charge >= 0.3 is 0 Å². The fourth-order valence-electron chi connectivity index (χ4n) is 1.61. The second-order valence-electron chi connectivity index (χ2n) is 3.96. The maximum absolute atomic E-state index is 5.76. The van der Waals surface area contributed by atoms with Crippen molar-refractivity contribution in [3.63, 3.8) is 0 Å². The van der Waals surface area contributed by atoms with Crippen molar-refractivity contribution in [3.8, 4) is 0 Å². The van der Waals surface area contributed by atoms with Crippen LogP contribution in [0.5, 0.6) is 0 Å². The van der Waals surface area contributed by atoms with Crippen molar-refractivity contribution < 1.29 is 0 Å². The Labute approximate surface area is 98.0 Å². The first-order chi connectivity index (χ1) is 7.69. The average molecular weight is 219 g/mol. The molecule has 0 amide bonds. The van der Waals surface area contributed by atoms with Crippen molar-refractivity contribution >= 4 is 5.69 Å². The molecule has 88 valence electrons. The molecule has 0 bridgehead atoms. The zero-order valence-corrected chi connectivity index (χ0v) is 10.2. The van der Waals surface area contributed by atoms with Gasteiger partial charge in [0.1, 0.15) is 0 Å². The Morgan fingerprint density at radius 2 is 2.31 bits per heavy atom. The van der Waals surface area contributed by atoms with Gasteiger partial charge in [0.05, 0.1) is 17.6 Å². The number of pyridine rings is 1. The van der Waals surface area contributed by atoms with Crippen molar-refractivity contribution in [2.24, 2.45) is 5.73 Å². The summed E-state index contributed by atoms with van der Waals surface area (Å²) in [4.78, 5) is 6.62. The molecule has 1 atom stereocenters. The van der Waals surface area contributed by atoms with Crippen LogP contribution in [0.4, 0.5) is 5.69 Å². The quantitative estimate of drug-likeness (QED) is 0.747. The summed E-state index contributed by atoms with van der Waals surface area (Å²) in [7, 11) is 0. The van der Waals surface area contributed by atoms with Gasteiger partial charge in [0.2, 0.25) is 0 Å². The van der Waals surface area contributed by atoms with Crippen molar-refractivity contribution in [3.05, 3.63) is 36.7 Å². The highest BCUT2D eigenvalue weighted by molar-refractivity contribution is 5.45. The van der Waals surface area contributed by atoms with Crippen molar-refractivity contribution in [1.29, 1.82) is 0 Å². The lowest BCUT2D eigenvalue weighted by Crippen LogP contribution is -2.24. The highest BCUT2D eigenvalue weighted by Crippen LogP contribution is 2.15. The third-order valence-electron chi connectivity index (χ3n) is 2.45. The molecule has 0 aliphatic heterocycles. The van der Waals surface area contributed by atoms with Crippen LogP contribution in [0.3, 0.4) is 0 Å². The second-order valence-corrected chi connectivity index (χ2v) is 3.96. The molecular weight excluding hydrogens is 198 g/mol. The van der Waals surface area contributed by atoms with Crippen molar-refractivity contribution in [2.45, 2.75) is 26.3 Å². The third-order valence-corrected chi connectivity index (χ3v) is 2.45. The minimum atomic E-state index is -0.00641. The number of anilines is 1. The van der Waals surface area contributed by atoms with Crippen LogP contribution in [0, 0.1) is 0 Å². The van der Waals surface area contributed by atoms with Crippen molar-refractivity contribution in [1.82, 2.24) is 4.98 Å². The summed E-state index contributed by atoms with van der Waals surface area (Å²) in [5, 5.41) is 0. The number of hydrogen-bond acceptors (Lipinski definition) is 3. The van der Waals surface area contributed by atoms with Crippen LogP contribution in [-0.2, 0) is 0 Å². The predicted molar refractivity (Wildman–Crippen MR) is 69.5 cm³/mol. The molecule has 1 heterocycles. The molecule has 16 heavy (non-hydrogen) atoms. The van der Waals surface area contributed by atoms with Gasteiger partial charge in [-0.1, -0.05) is 13.0 Å². The fourth-order valence-corrected chi connectivity index (χ4v) is 1.61. The van der Waals surface area contributed by atoms with Gasteiger partial charge in [0.25, 0.3) is 0 Å². The lowest BCUT2D eigenvalue weighted by molar-refractivity contribution is 0.773. The topological polar surface area (TPSA) is 42.1 Å². The summed E-state index contributed by atoms with van der Waals surface area (Å²) in [6, 6.07) is 4.06. The van der Waals surface area contributed by atoms with Crippen LogP contribution < -0.4 is 10.6 Å². The first-order valence-electron chi connectivity index (χ1n) is 5.76. The molecular formula is C13H21N3. The number of aromatic nitrogens is 1. The van der Waals surface area contributed by atoms with Gasteiger partial charge in [-0.2, -0.15) is 0 Å². The monoisotopic (exact) mass is 219 g/mol. The molecule has 0 aromatic carbocycles. The maximum Gasteiger partial charge on any atom is 0.0569 e. The normalized spacial score (nSPS) is 12.2. The van der Waals surface area contributed by atoms with Gasteiger partial charge in [-0.3, -0.25) is 4.98 Å². The minimum absolute atomic E-state index is 0.00641. The van der Waals surface area contributed by atoms with E-state index >= 15 is 0 Å². The molecule has 1 aromatic heterocycles. The zero-order valence-electron chi connectivity index (χ0n) is 10.2. The molecule has 0 unspecified atom stereocenters. The zero-order chi connectivity index (χ0) is 12.0. The highest BCUT2D eigenvalue weighted by Gasteiger charge is 2.05. The average Bonchev–Trinajstić information content (AvgIpc) is 2.29. The Morgan fingerprint density at radius 3 is 2.75 bits per heavy atom. The molecule has 0 aliphatic carbocycles. The van der Waals surface area contributed by atoms with Gasteiger partial charge in [-0.25, -0.2) is 0 Å². The van der Waals surface area contributed by atoms with E-state index in [4.69, 9.17) is 5.73 Å². The summed E-state index contributed by atoms with van der Waals surface area (Å²) in [6.07, 6.45) is 4.91. The van der Waals surface area contributed by atoms with Crippen LogP contribution in [0.2, 0.25) is 0 Å². The Hall–Kier alpha value is -1.35. The Morgan fingerprint density at radius 1 is 1.56 bits per heavy atom. The molecule has 0 aliphatic rings.